The van der Waals surface area contributed by atoms with Gasteiger partial charge in [0.05, 0.1) is 19.8 Å². The van der Waals surface area contributed by atoms with Crippen molar-refractivity contribution in [1.82, 2.24) is 5.32 Å². The van der Waals surface area contributed by atoms with Gasteiger partial charge in [-0.05, 0) is 64.2 Å². The maximum absolute atomic E-state index is 12.7. The minimum Gasteiger partial charge on any atom is -0.462 e. The molecule has 0 bridgehead atoms. The number of rotatable bonds is 43. The van der Waals surface area contributed by atoms with E-state index in [9.17, 15) is 23.8 Å². The number of ether oxygens (including phenoxy) is 4. The lowest BCUT2D eigenvalue weighted by atomic mass is 10.1. The van der Waals surface area contributed by atoms with Gasteiger partial charge in [0.1, 0.15) is 13.2 Å². The third-order valence-corrected chi connectivity index (χ3v) is 10.6. The Bertz CT molecular complexity index is 1070. The number of alkyl carbamates (subject to hydrolysis) is 1. The zero-order valence-corrected chi connectivity index (χ0v) is 37.8. The van der Waals surface area contributed by atoms with E-state index in [0.29, 0.717) is 12.8 Å². The summed E-state index contributed by atoms with van der Waals surface area (Å²) in [5, 5.41) is 2.38. The van der Waals surface area contributed by atoms with E-state index in [-0.39, 0.29) is 45.8 Å². The minimum atomic E-state index is -4.58. The SMILES string of the molecule is CCCCCCCC/C=C\CCCCCCCC(=O)OCC(COP(=O)(O)OCCNC(=O)OCCOC)OC(=O)CCCCCCC/C=C\CCCCCCCC. The highest BCUT2D eigenvalue weighted by molar-refractivity contribution is 7.47. The average Bonchev–Trinajstić information content (AvgIpc) is 3.20. The summed E-state index contributed by atoms with van der Waals surface area (Å²) in [5.74, 6) is -0.924. The van der Waals surface area contributed by atoms with Crippen LogP contribution in [0, 0.1) is 0 Å². The highest BCUT2D eigenvalue weighted by Gasteiger charge is 2.26. The maximum atomic E-state index is 12.7. The Morgan fingerprint density at radius 3 is 1.48 bits per heavy atom. The molecule has 0 aliphatic carbocycles. The number of amides is 1. The Labute approximate surface area is 352 Å². The van der Waals surface area contributed by atoms with Crippen LogP contribution >= 0.6 is 7.82 Å². The van der Waals surface area contributed by atoms with Gasteiger partial charge in [0.15, 0.2) is 6.10 Å². The van der Waals surface area contributed by atoms with Gasteiger partial charge in [-0.1, -0.05) is 141 Å². The molecule has 0 aromatic carbocycles. The molecule has 2 atom stereocenters. The van der Waals surface area contributed by atoms with Crippen molar-refractivity contribution in [3.8, 4) is 0 Å². The summed E-state index contributed by atoms with van der Waals surface area (Å²) in [6.07, 6.45) is 37.7. The van der Waals surface area contributed by atoms with Gasteiger partial charge in [-0.2, -0.15) is 0 Å². The van der Waals surface area contributed by atoms with Crippen LogP contribution in [0.25, 0.3) is 0 Å². The summed E-state index contributed by atoms with van der Waals surface area (Å²) in [6.45, 7) is 3.51. The van der Waals surface area contributed by atoms with E-state index >= 15 is 0 Å². The van der Waals surface area contributed by atoms with Crippen molar-refractivity contribution < 1.29 is 51.8 Å². The number of unbranched alkanes of at least 4 members (excludes halogenated alkanes) is 22. The Morgan fingerprint density at radius 2 is 1.00 bits per heavy atom. The molecule has 13 heteroatoms. The van der Waals surface area contributed by atoms with E-state index in [4.69, 9.17) is 28.0 Å². The number of nitrogens with one attached hydrogen (secondary N) is 1. The fourth-order valence-corrected chi connectivity index (χ4v) is 6.85. The molecule has 0 saturated heterocycles. The summed E-state index contributed by atoms with van der Waals surface area (Å²) >= 11 is 0. The second kappa shape index (κ2) is 42.9. The molecule has 12 nitrogen and oxygen atoms in total. The summed E-state index contributed by atoms with van der Waals surface area (Å²) in [7, 11) is -3.10. The fourth-order valence-electron chi connectivity index (χ4n) is 6.10. The van der Waals surface area contributed by atoms with E-state index < -0.39 is 38.6 Å². The van der Waals surface area contributed by atoms with E-state index in [0.717, 1.165) is 70.6 Å². The molecule has 0 rings (SSSR count). The highest BCUT2D eigenvalue weighted by Crippen LogP contribution is 2.43. The van der Waals surface area contributed by atoms with E-state index in [2.05, 4.69) is 43.5 Å². The largest absolute Gasteiger partial charge is 0.472 e. The van der Waals surface area contributed by atoms with Crippen molar-refractivity contribution in [2.45, 2.75) is 200 Å². The Kier molecular flexibility index (Phi) is 41.2. The predicted molar refractivity (Wildman–Crippen MR) is 233 cm³/mol. The van der Waals surface area contributed by atoms with Gasteiger partial charge < -0.3 is 29.2 Å². The smallest absolute Gasteiger partial charge is 0.462 e. The molecular weight excluding hydrogens is 761 g/mol. The fraction of sp³-hybridized carbons (Fsp3) is 0.844. The molecule has 0 aromatic rings. The van der Waals surface area contributed by atoms with Gasteiger partial charge in [-0.3, -0.25) is 18.6 Å². The van der Waals surface area contributed by atoms with Gasteiger partial charge >= 0.3 is 25.9 Å². The minimum absolute atomic E-state index is 0.0597. The van der Waals surface area contributed by atoms with E-state index in [1.807, 2.05) is 0 Å². The second-order valence-electron chi connectivity index (χ2n) is 15.1. The third kappa shape index (κ3) is 41.9. The molecule has 0 spiro atoms. The average molecular weight is 846 g/mol. The lowest BCUT2D eigenvalue weighted by molar-refractivity contribution is -0.161. The van der Waals surface area contributed by atoms with Crippen LogP contribution in [-0.4, -0.2) is 75.7 Å². The van der Waals surface area contributed by atoms with Gasteiger partial charge in [-0.15, -0.1) is 0 Å². The number of esters is 2. The number of phosphoric ester groups is 1. The molecule has 0 heterocycles. The number of hydrogen-bond acceptors (Lipinski definition) is 10. The first-order valence-corrected chi connectivity index (χ1v) is 24.4. The molecule has 0 fully saturated rings. The Morgan fingerprint density at radius 1 is 0.552 bits per heavy atom. The maximum Gasteiger partial charge on any atom is 0.472 e. The molecule has 2 unspecified atom stereocenters. The molecule has 0 aromatic heterocycles. The van der Waals surface area contributed by atoms with Gasteiger partial charge in [0.2, 0.25) is 0 Å². The summed E-state index contributed by atoms with van der Waals surface area (Å²) in [5.41, 5.74) is 0. The molecule has 0 aliphatic rings. The molecule has 340 valence electrons. The van der Waals surface area contributed by atoms with Crippen LogP contribution in [-0.2, 0) is 42.1 Å². The Hall–Kier alpha value is -2.24. The number of phosphoric acid groups is 1. The van der Waals surface area contributed by atoms with Crippen molar-refractivity contribution in [1.29, 1.82) is 0 Å². The molecule has 0 saturated carbocycles. The van der Waals surface area contributed by atoms with Gasteiger partial charge in [-0.25, -0.2) is 9.36 Å². The van der Waals surface area contributed by atoms with Crippen molar-refractivity contribution in [2.75, 3.05) is 46.7 Å². The lowest BCUT2D eigenvalue weighted by Gasteiger charge is -2.20. The third-order valence-electron chi connectivity index (χ3n) is 9.58. The van der Waals surface area contributed by atoms with Crippen LogP contribution < -0.4 is 5.32 Å². The summed E-state index contributed by atoms with van der Waals surface area (Å²) < 4.78 is 43.1. The first kappa shape index (κ1) is 55.8. The van der Waals surface area contributed by atoms with E-state index in [1.54, 1.807) is 0 Å². The van der Waals surface area contributed by atoms with Gasteiger partial charge in [0.25, 0.3) is 0 Å². The normalized spacial score (nSPS) is 13.2. The highest BCUT2D eigenvalue weighted by atomic mass is 31.2. The lowest BCUT2D eigenvalue weighted by Crippen LogP contribution is -2.30. The molecular formula is C45H84NO11P. The number of carbonyl (C=O) groups is 3. The number of allylic oxidation sites excluding steroid dienone is 4. The van der Waals surface area contributed by atoms with Crippen LogP contribution in [0.2, 0.25) is 0 Å². The molecule has 0 aliphatic heterocycles. The van der Waals surface area contributed by atoms with Crippen molar-refractivity contribution >= 4 is 25.9 Å². The standard InChI is InChI=1S/C45H84NO11P/c1-4-6-8-10-12-14-16-18-20-22-24-26-28-30-32-34-43(47)54-40-42(41-56-58(50,51)55-37-36-46-45(49)53-39-38-52-3)57-44(48)35-33-31-29-27-25-23-21-19-17-15-13-11-9-7-5-2/h18-21,42H,4-17,22-41H2,1-3H3,(H,46,49)(H,50,51)/b20-18-,21-19-. The van der Waals surface area contributed by atoms with Crippen molar-refractivity contribution in [2.24, 2.45) is 0 Å². The quantitative estimate of drug-likeness (QED) is 0.0198. The van der Waals surface area contributed by atoms with Gasteiger partial charge in [0, 0.05) is 26.5 Å². The van der Waals surface area contributed by atoms with E-state index in [1.165, 1.54) is 90.6 Å². The number of methoxy groups -OCH3 is 1. The van der Waals surface area contributed by atoms with Crippen molar-refractivity contribution in [3.05, 3.63) is 24.3 Å². The summed E-state index contributed by atoms with van der Waals surface area (Å²) in [6, 6.07) is 0. The van der Waals surface area contributed by atoms with Crippen LogP contribution in [0.4, 0.5) is 4.79 Å². The van der Waals surface area contributed by atoms with Crippen LogP contribution in [0.3, 0.4) is 0 Å². The van der Waals surface area contributed by atoms with Crippen molar-refractivity contribution in [3.63, 3.8) is 0 Å². The topological polar surface area (TPSA) is 156 Å². The summed E-state index contributed by atoms with van der Waals surface area (Å²) in [4.78, 5) is 47.0. The number of hydrogen-bond donors (Lipinski definition) is 2. The molecule has 1 amide bonds. The Balaban J connectivity index is 4.50. The van der Waals surface area contributed by atoms with Crippen LogP contribution in [0.15, 0.2) is 24.3 Å². The second-order valence-corrected chi connectivity index (χ2v) is 16.6. The zero-order chi connectivity index (χ0) is 42.6. The van der Waals surface area contributed by atoms with Crippen LogP contribution in [0.5, 0.6) is 0 Å². The molecule has 58 heavy (non-hydrogen) atoms. The number of carbonyl (C=O) groups excluding carboxylic acids is 3. The van der Waals surface area contributed by atoms with Crippen LogP contribution in [0.1, 0.15) is 194 Å². The monoisotopic (exact) mass is 846 g/mol. The first-order valence-electron chi connectivity index (χ1n) is 22.9. The molecule has 2 N–H and O–H groups in total. The first-order chi connectivity index (χ1) is 28.2. The molecule has 0 radical (unpaired) electrons. The predicted octanol–water partition coefficient (Wildman–Crippen LogP) is 12.0. The zero-order valence-electron chi connectivity index (χ0n) is 36.9.